The van der Waals surface area contributed by atoms with Gasteiger partial charge in [-0.2, -0.15) is 0 Å². The fourth-order valence-electron chi connectivity index (χ4n) is 4.49. The van der Waals surface area contributed by atoms with E-state index < -0.39 is 12.9 Å². The molecule has 0 bridgehead atoms. The Bertz CT molecular complexity index is 594. The molecule has 1 atom stereocenters. The molecule has 5 nitrogen and oxygen atoms in total. The third-order valence-corrected chi connectivity index (χ3v) is 7.98. The molecule has 0 saturated heterocycles. The van der Waals surface area contributed by atoms with Crippen LogP contribution in [0.2, 0.25) is 0 Å². The number of nitrogens with zero attached hydrogens (tertiary/aromatic N) is 1. The van der Waals surface area contributed by atoms with Crippen molar-refractivity contribution in [3.05, 3.63) is 24.3 Å². The highest BCUT2D eigenvalue weighted by atomic mass is 31.2. The molecular formula is C29H59NO4P+. The summed E-state index contributed by atoms with van der Waals surface area (Å²) >= 11 is 0. The van der Waals surface area contributed by atoms with E-state index in [1.807, 2.05) is 27.2 Å². The van der Waals surface area contributed by atoms with E-state index in [1.165, 1.54) is 96.3 Å². The van der Waals surface area contributed by atoms with E-state index in [-0.39, 0.29) is 13.0 Å². The van der Waals surface area contributed by atoms with Crippen molar-refractivity contribution in [3.63, 3.8) is 0 Å². The molecule has 0 amide bonds. The zero-order valence-electron chi connectivity index (χ0n) is 23.6. The highest BCUT2D eigenvalue weighted by Crippen LogP contribution is 2.52. The summed E-state index contributed by atoms with van der Waals surface area (Å²) in [5.74, 6) is 0. The normalized spacial score (nSPS) is 14.8. The third-order valence-electron chi connectivity index (χ3n) is 6.53. The second kappa shape index (κ2) is 20.6. The molecule has 0 saturated carbocycles. The van der Waals surface area contributed by atoms with Crippen LogP contribution in [0.3, 0.4) is 0 Å². The lowest BCUT2D eigenvalue weighted by atomic mass is 10.1. The Balaban J connectivity index is 3.60. The lowest BCUT2D eigenvalue weighted by molar-refractivity contribution is -0.875. The highest BCUT2D eigenvalue weighted by Gasteiger charge is 2.48. The Morgan fingerprint density at radius 2 is 0.971 bits per heavy atom. The molecule has 0 aromatic heterocycles. The molecule has 0 rings (SSSR count). The Morgan fingerprint density at radius 3 is 1.31 bits per heavy atom. The van der Waals surface area contributed by atoms with E-state index in [2.05, 4.69) is 25.2 Å². The van der Waals surface area contributed by atoms with Gasteiger partial charge in [0.2, 0.25) is 5.34 Å². The van der Waals surface area contributed by atoms with E-state index in [0.29, 0.717) is 10.9 Å². The smallest absolute Gasteiger partial charge is 0.362 e. The summed E-state index contributed by atoms with van der Waals surface area (Å²) in [5.41, 5.74) is 0. The Hall–Kier alpha value is -0.450. The molecule has 0 aromatic carbocycles. The molecule has 0 aliphatic rings. The van der Waals surface area contributed by atoms with Crippen molar-refractivity contribution in [2.45, 2.75) is 134 Å². The first-order valence-corrected chi connectivity index (χ1v) is 16.0. The van der Waals surface area contributed by atoms with Gasteiger partial charge >= 0.3 is 7.60 Å². The number of allylic oxidation sites excluding steroid dienone is 4. The number of quaternary nitrogens is 1. The van der Waals surface area contributed by atoms with Gasteiger partial charge in [0, 0.05) is 0 Å². The third kappa shape index (κ3) is 21.4. The van der Waals surface area contributed by atoms with Crippen LogP contribution in [0.1, 0.15) is 129 Å². The van der Waals surface area contributed by atoms with Crippen LogP contribution in [0.25, 0.3) is 0 Å². The molecule has 1 unspecified atom stereocenters. The molecule has 6 heteroatoms. The predicted octanol–water partition coefficient (Wildman–Crippen LogP) is 8.10. The number of hydrogen-bond donors (Lipinski definition) is 3. The van der Waals surface area contributed by atoms with E-state index in [0.717, 1.165) is 12.8 Å². The first-order valence-electron chi connectivity index (χ1n) is 14.4. The second-order valence-corrected chi connectivity index (χ2v) is 13.3. The van der Waals surface area contributed by atoms with E-state index in [4.69, 9.17) is 0 Å². The van der Waals surface area contributed by atoms with Gasteiger partial charge in [-0.15, -0.1) is 0 Å². The van der Waals surface area contributed by atoms with E-state index in [9.17, 15) is 19.5 Å². The Labute approximate surface area is 217 Å². The summed E-state index contributed by atoms with van der Waals surface area (Å²) in [5, 5.41) is 8.57. The molecule has 208 valence electrons. The van der Waals surface area contributed by atoms with Gasteiger partial charge in [0.1, 0.15) is 6.54 Å². The topological polar surface area (TPSA) is 77.8 Å². The van der Waals surface area contributed by atoms with Gasteiger partial charge in [-0.05, 0) is 51.4 Å². The Morgan fingerprint density at radius 1 is 0.629 bits per heavy atom. The summed E-state index contributed by atoms with van der Waals surface area (Å²) in [6.45, 7) is 2.30. The Kier molecular flexibility index (Phi) is 20.3. The minimum Gasteiger partial charge on any atom is -0.373 e. The fraction of sp³-hybridized carbons (Fsp3) is 0.862. The van der Waals surface area contributed by atoms with Crippen LogP contribution in [0.15, 0.2) is 24.3 Å². The number of aliphatic hydroxyl groups is 1. The monoisotopic (exact) mass is 516 g/mol. The zero-order valence-corrected chi connectivity index (χ0v) is 24.5. The summed E-state index contributed by atoms with van der Waals surface area (Å²) in [6.07, 6.45) is 31.5. The van der Waals surface area contributed by atoms with Crippen molar-refractivity contribution in [3.8, 4) is 0 Å². The first kappa shape index (κ1) is 34.6. The van der Waals surface area contributed by atoms with Crippen LogP contribution in [-0.2, 0) is 4.57 Å². The summed E-state index contributed by atoms with van der Waals surface area (Å²) < 4.78 is 12.1. The number of likely N-dealkylation sites (N-methyl/N-ethyl adjacent to an activating group) is 1. The average Bonchev–Trinajstić information content (AvgIpc) is 2.75. The molecule has 0 aliphatic carbocycles. The maximum atomic E-state index is 11.8. The maximum absolute atomic E-state index is 11.8. The standard InChI is InChI=1S/C29H58NO4P/c1-5-6-7-8-9-10-11-12-13-14-15-16-17-18-19-20-21-22-23-24-25-26-27-29(31,35(32,33)34)28-30(2,3)4/h13-14,24-25,31H,5-12,15-23,26-28H2,1-4H3,(H-,32,33,34)/p+1/b14-13-,25-24-. The minimum atomic E-state index is -4.58. The van der Waals surface area contributed by atoms with Gasteiger partial charge in [-0.3, -0.25) is 4.57 Å². The largest absolute Gasteiger partial charge is 0.373 e. The summed E-state index contributed by atoms with van der Waals surface area (Å²) in [7, 11) is 0.898. The van der Waals surface area contributed by atoms with E-state index in [1.54, 1.807) is 0 Å². The SMILES string of the molecule is CCCCCCCCC/C=C\CCCCCCCCC/C=C\CCC(O)(C[N+](C)(C)C)P(=O)(O)O. The van der Waals surface area contributed by atoms with Gasteiger partial charge in [-0.25, -0.2) is 0 Å². The molecule has 35 heavy (non-hydrogen) atoms. The van der Waals surface area contributed by atoms with Gasteiger partial charge in [0.25, 0.3) is 0 Å². The lowest BCUT2D eigenvalue weighted by Crippen LogP contribution is -2.49. The van der Waals surface area contributed by atoms with Crippen molar-refractivity contribution >= 4 is 7.60 Å². The van der Waals surface area contributed by atoms with Crippen molar-refractivity contribution in [2.24, 2.45) is 0 Å². The lowest BCUT2D eigenvalue weighted by Gasteiger charge is -2.35. The highest BCUT2D eigenvalue weighted by molar-refractivity contribution is 7.53. The molecule has 0 fully saturated rings. The van der Waals surface area contributed by atoms with Gasteiger partial charge in [0.15, 0.2) is 0 Å². The van der Waals surface area contributed by atoms with Crippen molar-refractivity contribution in [2.75, 3.05) is 27.7 Å². The number of unbranched alkanes of at least 4 members (excludes halogenated alkanes) is 15. The summed E-state index contributed by atoms with van der Waals surface area (Å²) in [6, 6.07) is 0. The molecule has 0 heterocycles. The fourth-order valence-corrected chi connectivity index (χ4v) is 5.52. The molecule has 0 spiro atoms. The molecule has 0 radical (unpaired) electrons. The first-order chi connectivity index (χ1) is 16.5. The van der Waals surface area contributed by atoms with Crippen LogP contribution in [0.4, 0.5) is 0 Å². The maximum Gasteiger partial charge on any atom is 0.362 e. The van der Waals surface area contributed by atoms with Crippen molar-refractivity contribution in [1.29, 1.82) is 0 Å². The zero-order chi connectivity index (χ0) is 26.5. The van der Waals surface area contributed by atoms with Crippen LogP contribution < -0.4 is 0 Å². The molecular weight excluding hydrogens is 457 g/mol. The minimum absolute atomic E-state index is 0.0284. The van der Waals surface area contributed by atoms with Gasteiger partial charge < -0.3 is 19.4 Å². The molecule has 3 N–H and O–H groups in total. The number of hydrogen-bond acceptors (Lipinski definition) is 2. The molecule has 0 aliphatic heterocycles. The van der Waals surface area contributed by atoms with Crippen LogP contribution in [0, 0.1) is 0 Å². The van der Waals surface area contributed by atoms with Gasteiger partial charge in [0.05, 0.1) is 21.1 Å². The van der Waals surface area contributed by atoms with Crippen molar-refractivity contribution in [1.82, 2.24) is 0 Å². The van der Waals surface area contributed by atoms with E-state index >= 15 is 0 Å². The quantitative estimate of drug-likeness (QED) is 0.0524. The number of rotatable bonds is 24. The summed E-state index contributed by atoms with van der Waals surface area (Å²) in [4.78, 5) is 19.2. The second-order valence-electron chi connectivity index (χ2n) is 11.4. The van der Waals surface area contributed by atoms with Crippen LogP contribution in [0.5, 0.6) is 0 Å². The molecule has 0 aromatic rings. The average molecular weight is 517 g/mol. The van der Waals surface area contributed by atoms with Crippen molar-refractivity contribution < 1.29 is 23.9 Å². The van der Waals surface area contributed by atoms with Gasteiger partial charge in [-0.1, -0.05) is 102 Å². The predicted molar refractivity (Wildman–Crippen MR) is 152 cm³/mol. The van der Waals surface area contributed by atoms with Crippen LogP contribution in [-0.4, -0.2) is 52.4 Å². The van der Waals surface area contributed by atoms with Crippen LogP contribution >= 0.6 is 7.60 Å².